The van der Waals surface area contributed by atoms with Gasteiger partial charge < -0.3 is 4.98 Å². The van der Waals surface area contributed by atoms with Gasteiger partial charge >= 0.3 is 6.18 Å². The molecule has 0 saturated heterocycles. The second kappa shape index (κ2) is 7.19. The summed E-state index contributed by atoms with van der Waals surface area (Å²) in [5.41, 5.74) is 0.179. The van der Waals surface area contributed by atoms with Crippen LogP contribution in [0.4, 0.5) is 17.6 Å². The summed E-state index contributed by atoms with van der Waals surface area (Å²) in [6, 6.07) is 2.43. The van der Waals surface area contributed by atoms with E-state index in [9.17, 15) is 22.4 Å². The van der Waals surface area contributed by atoms with E-state index in [1.54, 1.807) is 0 Å². The van der Waals surface area contributed by atoms with Gasteiger partial charge in [-0.25, -0.2) is 9.37 Å². The fourth-order valence-corrected chi connectivity index (χ4v) is 3.15. The van der Waals surface area contributed by atoms with Crippen molar-refractivity contribution in [3.8, 4) is 0 Å². The van der Waals surface area contributed by atoms with Gasteiger partial charge in [0.15, 0.2) is 0 Å². The van der Waals surface area contributed by atoms with Crippen molar-refractivity contribution < 1.29 is 17.6 Å². The molecule has 0 aliphatic carbocycles. The molecule has 8 heteroatoms. The highest BCUT2D eigenvalue weighted by molar-refractivity contribution is 5.28. The highest BCUT2D eigenvalue weighted by Crippen LogP contribution is 2.31. The number of fused-ring (bicyclic) bond motifs is 1. The number of benzene rings is 1. The Hall–Kier alpha value is -2.22. The molecule has 0 amide bonds. The largest absolute Gasteiger partial charge is 0.416 e. The number of H-pyrrole nitrogens is 1. The highest BCUT2D eigenvalue weighted by Gasteiger charge is 2.31. The van der Waals surface area contributed by atoms with Crippen molar-refractivity contribution in [1.82, 2.24) is 14.9 Å². The minimum atomic E-state index is -4.51. The zero-order valence-corrected chi connectivity index (χ0v) is 14.3. The number of alkyl halides is 3. The Labute approximate surface area is 147 Å². The number of halogens is 4. The van der Waals surface area contributed by atoms with Crippen LogP contribution in [0.2, 0.25) is 0 Å². The molecule has 0 unspecified atom stereocenters. The van der Waals surface area contributed by atoms with Gasteiger partial charge in [-0.1, -0.05) is 6.92 Å². The van der Waals surface area contributed by atoms with Crippen LogP contribution in [0.5, 0.6) is 0 Å². The van der Waals surface area contributed by atoms with Gasteiger partial charge in [0.05, 0.1) is 11.3 Å². The predicted molar refractivity (Wildman–Crippen MR) is 88.1 cm³/mol. The van der Waals surface area contributed by atoms with Crippen LogP contribution < -0.4 is 5.56 Å². The standard InChI is InChI=1S/C18H19F4N3O/c1-2-3-16-23-15-10-25(7-6-13(15)17(26)24-16)9-11-8-12(18(20,21)22)4-5-14(11)19/h4-5,8H,2-3,6-7,9-10H2,1H3,(H,23,24,26). The Bertz CT molecular complexity index is 860. The first-order valence-electron chi connectivity index (χ1n) is 8.47. The van der Waals surface area contributed by atoms with Crippen LogP contribution in [0, 0.1) is 5.82 Å². The smallest absolute Gasteiger partial charge is 0.310 e. The van der Waals surface area contributed by atoms with Crippen LogP contribution in [-0.4, -0.2) is 21.4 Å². The maximum absolute atomic E-state index is 14.0. The van der Waals surface area contributed by atoms with Gasteiger partial charge in [-0.15, -0.1) is 0 Å². The van der Waals surface area contributed by atoms with E-state index in [0.29, 0.717) is 43.0 Å². The Kier molecular flexibility index (Phi) is 5.13. The van der Waals surface area contributed by atoms with Gasteiger partial charge in [-0.3, -0.25) is 9.69 Å². The second-order valence-corrected chi connectivity index (χ2v) is 6.45. The van der Waals surface area contributed by atoms with E-state index in [1.807, 2.05) is 11.8 Å². The second-order valence-electron chi connectivity index (χ2n) is 6.45. The lowest BCUT2D eigenvalue weighted by Gasteiger charge is -2.28. The fourth-order valence-electron chi connectivity index (χ4n) is 3.15. The Morgan fingerprint density at radius 3 is 2.77 bits per heavy atom. The minimum Gasteiger partial charge on any atom is -0.310 e. The number of hydrogen-bond donors (Lipinski definition) is 1. The summed E-state index contributed by atoms with van der Waals surface area (Å²) in [6.45, 7) is 2.78. The van der Waals surface area contributed by atoms with Crippen molar-refractivity contribution in [2.24, 2.45) is 0 Å². The van der Waals surface area contributed by atoms with Crippen molar-refractivity contribution in [2.75, 3.05) is 6.54 Å². The lowest BCUT2D eigenvalue weighted by molar-refractivity contribution is -0.137. The van der Waals surface area contributed by atoms with Crippen molar-refractivity contribution in [1.29, 1.82) is 0 Å². The average Bonchev–Trinajstić information content (AvgIpc) is 2.56. The number of aryl methyl sites for hydroxylation is 1. The first-order chi connectivity index (χ1) is 12.3. The van der Waals surface area contributed by atoms with Gasteiger partial charge in [0.25, 0.3) is 5.56 Å². The molecule has 0 radical (unpaired) electrons. The Morgan fingerprint density at radius 2 is 2.08 bits per heavy atom. The number of aromatic nitrogens is 2. The molecule has 26 heavy (non-hydrogen) atoms. The summed E-state index contributed by atoms with van der Waals surface area (Å²) in [5.74, 6) is -0.0716. The number of hydrogen-bond acceptors (Lipinski definition) is 3. The minimum absolute atomic E-state index is 0.0121. The molecule has 4 nitrogen and oxygen atoms in total. The summed E-state index contributed by atoms with van der Waals surface area (Å²) in [4.78, 5) is 21.2. The molecular weight excluding hydrogens is 350 g/mol. The Morgan fingerprint density at radius 1 is 1.31 bits per heavy atom. The van der Waals surface area contributed by atoms with Crippen molar-refractivity contribution >= 4 is 0 Å². The van der Waals surface area contributed by atoms with Crippen LogP contribution in [0.15, 0.2) is 23.0 Å². The molecule has 0 atom stereocenters. The highest BCUT2D eigenvalue weighted by atomic mass is 19.4. The zero-order valence-electron chi connectivity index (χ0n) is 14.3. The number of aromatic amines is 1. The third-order valence-corrected chi connectivity index (χ3v) is 4.46. The van der Waals surface area contributed by atoms with Crippen LogP contribution in [0.3, 0.4) is 0 Å². The molecule has 0 spiro atoms. The summed E-state index contributed by atoms with van der Waals surface area (Å²) < 4.78 is 52.5. The van der Waals surface area contributed by atoms with E-state index in [-0.39, 0.29) is 17.7 Å². The van der Waals surface area contributed by atoms with E-state index in [0.717, 1.165) is 24.6 Å². The first kappa shape index (κ1) is 18.6. The number of nitrogens with zero attached hydrogens (tertiary/aromatic N) is 2. The molecule has 0 bridgehead atoms. The van der Waals surface area contributed by atoms with Gasteiger partial charge in [0.2, 0.25) is 0 Å². The quantitative estimate of drug-likeness (QED) is 0.840. The van der Waals surface area contributed by atoms with Crippen LogP contribution >= 0.6 is 0 Å². The van der Waals surface area contributed by atoms with Crippen LogP contribution in [0.1, 0.15) is 41.6 Å². The van der Waals surface area contributed by atoms with E-state index < -0.39 is 17.6 Å². The molecule has 2 aromatic rings. The van der Waals surface area contributed by atoms with Crippen molar-refractivity contribution in [2.45, 2.75) is 45.5 Å². The van der Waals surface area contributed by atoms with E-state index in [4.69, 9.17) is 0 Å². The molecule has 1 aliphatic heterocycles. The summed E-state index contributed by atoms with van der Waals surface area (Å²) in [5, 5.41) is 0. The average molecular weight is 369 g/mol. The van der Waals surface area contributed by atoms with Crippen LogP contribution in [0.25, 0.3) is 0 Å². The van der Waals surface area contributed by atoms with Crippen LogP contribution in [-0.2, 0) is 32.1 Å². The SMILES string of the molecule is CCCc1nc2c(c(=O)[nH]1)CCN(Cc1cc(C(F)(F)F)ccc1F)C2. The summed E-state index contributed by atoms with van der Waals surface area (Å²) >= 11 is 0. The number of nitrogens with one attached hydrogen (secondary N) is 1. The molecule has 1 N–H and O–H groups in total. The molecule has 1 aliphatic rings. The van der Waals surface area contributed by atoms with E-state index >= 15 is 0 Å². The molecule has 3 rings (SSSR count). The van der Waals surface area contributed by atoms with Crippen molar-refractivity contribution in [3.63, 3.8) is 0 Å². The molecule has 2 heterocycles. The third-order valence-electron chi connectivity index (χ3n) is 4.46. The third kappa shape index (κ3) is 3.95. The lowest BCUT2D eigenvalue weighted by Crippen LogP contribution is -2.35. The maximum Gasteiger partial charge on any atom is 0.416 e. The fraction of sp³-hybridized carbons (Fsp3) is 0.444. The molecule has 140 valence electrons. The summed E-state index contributed by atoms with van der Waals surface area (Å²) in [7, 11) is 0. The van der Waals surface area contributed by atoms with Gasteiger partial charge in [-0.2, -0.15) is 13.2 Å². The van der Waals surface area contributed by atoms with Gasteiger partial charge in [0.1, 0.15) is 11.6 Å². The zero-order chi connectivity index (χ0) is 18.9. The van der Waals surface area contributed by atoms with Crippen molar-refractivity contribution in [3.05, 3.63) is 62.6 Å². The van der Waals surface area contributed by atoms with E-state index in [2.05, 4.69) is 9.97 Å². The normalized spacial score (nSPS) is 15.1. The molecule has 0 saturated carbocycles. The van der Waals surface area contributed by atoms with E-state index in [1.165, 1.54) is 0 Å². The summed E-state index contributed by atoms with van der Waals surface area (Å²) in [6.07, 6.45) is -2.60. The Balaban J connectivity index is 1.83. The maximum atomic E-state index is 14.0. The molecule has 1 aromatic carbocycles. The number of rotatable bonds is 4. The molecule has 1 aromatic heterocycles. The molecule has 0 fully saturated rings. The topological polar surface area (TPSA) is 49.0 Å². The lowest BCUT2D eigenvalue weighted by atomic mass is 10.0. The monoisotopic (exact) mass is 369 g/mol. The van der Waals surface area contributed by atoms with Gasteiger partial charge in [-0.05, 0) is 31.0 Å². The first-order valence-corrected chi connectivity index (χ1v) is 8.47. The van der Waals surface area contributed by atoms with Gasteiger partial charge in [0, 0.05) is 37.2 Å². The predicted octanol–water partition coefficient (Wildman–Crippen LogP) is 3.44. The molecular formula is C18H19F4N3O.